The zero-order chi connectivity index (χ0) is 9.52. The lowest BCUT2D eigenvalue weighted by Crippen LogP contribution is -2.25. The van der Waals surface area contributed by atoms with Gasteiger partial charge >= 0.3 is 17.3 Å². The van der Waals surface area contributed by atoms with Crippen molar-refractivity contribution in [2.45, 2.75) is 25.6 Å². The highest BCUT2D eigenvalue weighted by Gasteiger charge is 2.44. The minimum absolute atomic E-state index is 0.236. The maximum atomic E-state index is 12.0. The molecule has 0 aliphatic heterocycles. The van der Waals surface area contributed by atoms with Crippen molar-refractivity contribution in [3.05, 3.63) is 20.7 Å². The van der Waals surface area contributed by atoms with Gasteiger partial charge in [0.1, 0.15) is 6.04 Å². The molecule has 1 atom stereocenters. The maximum absolute atomic E-state index is 12.0. The van der Waals surface area contributed by atoms with Gasteiger partial charge < -0.3 is 0 Å². The van der Waals surface area contributed by atoms with Gasteiger partial charge in [0.15, 0.2) is 0 Å². The second-order valence-electron chi connectivity index (χ2n) is 2.45. The third kappa shape index (κ3) is 1.28. The monoisotopic (exact) mass is 181 g/mol. The van der Waals surface area contributed by atoms with Crippen LogP contribution in [0.2, 0.25) is 0 Å². The second kappa shape index (κ2) is 2.46. The molecule has 0 amide bonds. The van der Waals surface area contributed by atoms with Gasteiger partial charge in [-0.15, -0.1) is 0 Å². The Kier molecular flexibility index (Phi) is 1.85. The molecule has 1 unspecified atom stereocenters. The number of halogens is 3. The standard InChI is InChI=1S/C6H6F3NO2/c1-2-3(6(7,8)9)10-4(11)5(10)12/h3H,2H2,1H3. The summed E-state index contributed by atoms with van der Waals surface area (Å²) >= 11 is 0. The molecule has 12 heavy (non-hydrogen) atoms. The van der Waals surface area contributed by atoms with Crippen molar-refractivity contribution in [3.8, 4) is 0 Å². The van der Waals surface area contributed by atoms with Crippen LogP contribution in [0.25, 0.3) is 0 Å². The van der Waals surface area contributed by atoms with E-state index in [9.17, 15) is 22.8 Å². The number of hydrogen-bond donors (Lipinski definition) is 0. The Morgan fingerprint density at radius 1 is 1.33 bits per heavy atom. The van der Waals surface area contributed by atoms with Gasteiger partial charge in [0, 0.05) is 0 Å². The van der Waals surface area contributed by atoms with E-state index in [1.807, 2.05) is 0 Å². The molecular weight excluding hydrogens is 175 g/mol. The molecular formula is C6H6F3NO2. The molecule has 0 saturated carbocycles. The van der Waals surface area contributed by atoms with Crippen LogP contribution in [0.15, 0.2) is 9.59 Å². The predicted octanol–water partition coefficient (Wildman–Crippen LogP) is 0.598. The van der Waals surface area contributed by atoms with Gasteiger partial charge in [0.2, 0.25) is 0 Å². The number of aromatic nitrogens is 1. The Morgan fingerprint density at radius 3 is 1.83 bits per heavy atom. The Hall–Kier alpha value is -1.07. The van der Waals surface area contributed by atoms with Crippen molar-refractivity contribution in [1.29, 1.82) is 0 Å². The molecule has 0 fully saturated rings. The van der Waals surface area contributed by atoms with Gasteiger partial charge in [-0.3, -0.25) is 14.2 Å². The Morgan fingerprint density at radius 2 is 1.75 bits per heavy atom. The first kappa shape index (κ1) is 9.02. The van der Waals surface area contributed by atoms with E-state index in [1.165, 1.54) is 6.92 Å². The van der Waals surface area contributed by atoms with E-state index >= 15 is 0 Å². The lowest BCUT2D eigenvalue weighted by Gasteiger charge is -2.14. The van der Waals surface area contributed by atoms with Crippen LogP contribution in [-0.4, -0.2) is 10.7 Å². The number of hydrogen-bond acceptors (Lipinski definition) is 2. The molecule has 0 N–H and O–H groups in total. The molecule has 1 aromatic heterocycles. The second-order valence-corrected chi connectivity index (χ2v) is 2.45. The summed E-state index contributed by atoms with van der Waals surface area (Å²) < 4.78 is 36.3. The van der Waals surface area contributed by atoms with Crippen molar-refractivity contribution < 1.29 is 13.2 Å². The van der Waals surface area contributed by atoms with Gasteiger partial charge in [0.05, 0.1) is 0 Å². The molecule has 0 aliphatic rings. The number of alkyl halides is 3. The summed E-state index contributed by atoms with van der Waals surface area (Å²) in [5, 5.41) is 0. The van der Waals surface area contributed by atoms with Crippen molar-refractivity contribution >= 4 is 0 Å². The molecule has 1 heterocycles. The molecule has 1 rings (SSSR count). The summed E-state index contributed by atoms with van der Waals surface area (Å²) in [6.45, 7) is 1.27. The first-order valence-corrected chi connectivity index (χ1v) is 3.33. The zero-order valence-electron chi connectivity index (χ0n) is 6.18. The molecule has 1 aromatic rings. The minimum Gasteiger partial charge on any atom is -0.263 e. The lowest BCUT2D eigenvalue weighted by atomic mass is 10.2. The van der Waals surface area contributed by atoms with Crippen LogP contribution in [0.4, 0.5) is 13.2 Å². The van der Waals surface area contributed by atoms with E-state index in [2.05, 4.69) is 0 Å². The summed E-state index contributed by atoms with van der Waals surface area (Å²) in [6, 6.07) is -1.93. The molecule has 0 aliphatic carbocycles. The van der Waals surface area contributed by atoms with Crippen molar-refractivity contribution in [2.24, 2.45) is 0 Å². The van der Waals surface area contributed by atoms with E-state index in [1.54, 1.807) is 0 Å². The Labute approximate surface area is 65.1 Å². The molecule has 0 aromatic carbocycles. The van der Waals surface area contributed by atoms with Crippen molar-refractivity contribution in [1.82, 2.24) is 4.57 Å². The molecule has 0 spiro atoms. The van der Waals surface area contributed by atoms with Gasteiger partial charge in [0.25, 0.3) is 0 Å². The fraction of sp³-hybridized carbons (Fsp3) is 0.667. The van der Waals surface area contributed by atoms with Crippen LogP contribution in [-0.2, 0) is 0 Å². The van der Waals surface area contributed by atoms with Gasteiger partial charge in [-0.1, -0.05) is 6.92 Å². The van der Waals surface area contributed by atoms with Gasteiger partial charge in [-0.25, -0.2) is 0 Å². The van der Waals surface area contributed by atoms with Crippen LogP contribution in [0.1, 0.15) is 19.4 Å². The average molecular weight is 181 g/mol. The lowest BCUT2D eigenvalue weighted by molar-refractivity contribution is -0.166. The van der Waals surface area contributed by atoms with Gasteiger partial charge in [-0.05, 0) is 6.42 Å². The normalized spacial score (nSPS) is 15.3. The van der Waals surface area contributed by atoms with Crippen LogP contribution >= 0.6 is 0 Å². The predicted molar refractivity (Wildman–Crippen MR) is 34.7 cm³/mol. The molecule has 68 valence electrons. The first-order valence-electron chi connectivity index (χ1n) is 3.33. The summed E-state index contributed by atoms with van der Waals surface area (Å²) in [4.78, 5) is 20.7. The SMILES string of the molecule is CCC(n1c(=O)c1=O)C(F)(F)F. The van der Waals surface area contributed by atoms with Crippen molar-refractivity contribution in [2.75, 3.05) is 0 Å². The van der Waals surface area contributed by atoms with E-state index in [-0.39, 0.29) is 11.0 Å². The Balaban J connectivity index is 2.94. The fourth-order valence-corrected chi connectivity index (χ4v) is 0.989. The molecule has 0 radical (unpaired) electrons. The molecule has 3 nitrogen and oxygen atoms in total. The molecule has 6 heteroatoms. The highest BCUT2D eigenvalue weighted by molar-refractivity contribution is 4.94. The summed E-state index contributed by atoms with van der Waals surface area (Å²) in [6.07, 6.45) is -4.79. The van der Waals surface area contributed by atoms with E-state index in [4.69, 9.17) is 0 Å². The van der Waals surface area contributed by atoms with Crippen LogP contribution in [0, 0.1) is 0 Å². The van der Waals surface area contributed by atoms with E-state index in [0.717, 1.165) is 0 Å². The topological polar surface area (TPSA) is 39.1 Å². The Bertz CT molecular complexity index is 319. The summed E-state index contributed by atoms with van der Waals surface area (Å²) in [5.74, 6) is 0. The van der Waals surface area contributed by atoms with Crippen LogP contribution in [0.3, 0.4) is 0 Å². The minimum atomic E-state index is -4.50. The van der Waals surface area contributed by atoms with Gasteiger partial charge in [-0.2, -0.15) is 13.2 Å². The largest absolute Gasteiger partial charge is 0.409 e. The average Bonchev–Trinajstić information content (AvgIpc) is 2.44. The van der Waals surface area contributed by atoms with Crippen LogP contribution in [0.5, 0.6) is 0 Å². The maximum Gasteiger partial charge on any atom is 0.409 e. The molecule has 0 saturated heterocycles. The quantitative estimate of drug-likeness (QED) is 0.626. The van der Waals surface area contributed by atoms with E-state index in [0.29, 0.717) is 0 Å². The van der Waals surface area contributed by atoms with Crippen molar-refractivity contribution in [3.63, 3.8) is 0 Å². The number of nitrogens with zero attached hydrogens (tertiary/aromatic N) is 1. The summed E-state index contributed by atoms with van der Waals surface area (Å²) in [7, 11) is 0. The highest BCUT2D eigenvalue weighted by atomic mass is 19.4. The highest BCUT2D eigenvalue weighted by Crippen LogP contribution is 2.31. The smallest absolute Gasteiger partial charge is 0.263 e. The summed E-state index contributed by atoms with van der Waals surface area (Å²) in [5.41, 5.74) is -2.08. The zero-order valence-corrected chi connectivity index (χ0v) is 6.18. The third-order valence-electron chi connectivity index (χ3n) is 1.65. The third-order valence-corrected chi connectivity index (χ3v) is 1.65. The molecule has 0 bridgehead atoms. The van der Waals surface area contributed by atoms with Crippen LogP contribution < -0.4 is 11.1 Å². The number of rotatable bonds is 2. The van der Waals surface area contributed by atoms with E-state index < -0.39 is 23.3 Å². The fourth-order valence-electron chi connectivity index (χ4n) is 0.989. The first-order chi connectivity index (χ1) is 5.39.